The predicted octanol–water partition coefficient (Wildman–Crippen LogP) is 7.34. The van der Waals surface area contributed by atoms with Gasteiger partial charge in [-0.3, -0.25) is 4.90 Å². The Morgan fingerprint density at radius 2 is 1.43 bits per heavy atom. The fourth-order valence-corrected chi connectivity index (χ4v) is 5.30. The molecule has 1 heterocycles. The van der Waals surface area contributed by atoms with Crippen molar-refractivity contribution in [2.75, 3.05) is 32.8 Å². The van der Waals surface area contributed by atoms with Crippen LogP contribution < -0.4 is 23.8 Å². The van der Waals surface area contributed by atoms with Crippen LogP contribution in [0.3, 0.4) is 0 Å². The number of rotatable bonds is 10. The van der Waals surface area contributed by atoms with Crippen LogP contribution in [-0.4, -0.2) is 40.1 Å². The Kier molecular flexibility index (Phi) is 9.51. The summed E-state index contributed by atoms with van der Waals surface area (Å²) in [6.07, 6.45) is -1.21. The van der Waals surface area contributed by atoms with Gasteiger partial charge in [0.25, 0.3) is 0 Å². The van der Waals surface area contributed by atoms with E-state index in [0.717, 1.165) is 15.6 Å². The van der Waals surface area contributed by atoms with Gasteiger partial charge in [-0.05, 0) is 29.3 Å². The SMILES string of the molecule is COc1cc(OC)c([C@H]2[C@H](COCc3ccccc3)Oc3ccc(Br)cc3N2C(=O)OCc2ccccc2)c(OC)c1. The summed E-state index contributed by atoms with van der Waals surface area (Å²) in [6, 6.07) is 27.7. The third-order valence-corrected chi connectivity index (χ3v) is 7.43. The van der Waals surface area contributed by atoms with Crippen molar-refractivity contribution in [1.29, 1.82) is 0 Å². The number of fused-ring (bicyclic) bond motifs is 1. The van der Waals surface area contributed by atoms with Gasteiger partial charge in [-0.25, -0.2) is 4.79 Å². The molecule has 0 saturated heterocycles. The highest BCUT2D eigenvalue weighted by Gasteiger charge is 2.44. The highest BCUT2D eigenvalue weighted by Crippen LogP contribution is 2.49. The second kappa shape index (κ2) is 13.6. The number of anilines is 1. The van der Waals surface area contributed by atoms with Gasteiger partial charge < -0.3 is 28.4 Å². The second-order valence-corrected chi connectivity index (χ2v) is 10.5. The third-order valence-electron chi connectivity index (χ3n) is 6.93. The number of methoxy groups -OCH3 is 3. The van der Waals surface area contributed by atoms with Crippen molar-refractivity contribution < 1.29 is 33.2 Å². The fourth-order valence-electron chi connectivity index (χ4n) is 4.95. The molecule has 0 aromatic heterocycles. The van der Waals surface area contributed by atoms with Crippen LogP contribution in [0.5, 0.6) is 23.0 Å². The van der Waals surface area contributed by atoms with Gasteiger partial charge in [0.2, 0.25) is 0 Å². The monoisotopic (exact) mass is 633 g/mol. The van der Waals surface area contributed by atoms with Gasteiger partial charge in [0.15, 0.2) is 0 Å². The molecule has 4 aromatic rings. The highest BCUT2D eigenvalue weighted by molar-refractivity contribution is 9.10. The minimum atomic E-state index is -0.748. The molecule has 4 aromatic carbocycles. The molecule has 5 rings (SSSR count). The number of benzene rings is 4. The summed E-state index contributed by atoms with van der Waals surface area (Å²) in [7, 11) is 4.69. The van der Waals surface area contributed by atoms with Crippen LogP contribution in [0.1, 0.15) is 22.7 Å². The molecule has 1 aliphatic heterocycles. The van der Waals surface area contributed by atoms with Crippen molar-refractivity contribution in [3.63, 3.8) is 0 Å². The normalized spacial score (nSPS) is 15.8. The molecule has 42 heavy (non-hydrogen) atoms. The molecule has 0 aliphatic carbocycles. The Balaban J connectivity index is 1.59. The molecule has 0 fully saturated rings. The average Bonchev–Trinajstić information content (AvgIpc) is 3.03. The summed E-state index contributed by atoms with van der Waals surface area (Å²) in [4.78, 5) is 15.7. The molecule has 8 nitrogen and oxygen atoms in total. The van der Waals surface area contributed by atoms with Gasteiger partial charge in [-0.15, -0.1) is 0 Å². The lowest BCUT2D eigenvalue weighted by atomic mass is 9.95. The first-order valence-corrected chi connectivity index (χ1v) is 14.2. The molecule has 0 saturated carbocycles. The maximum atomic E-state index is 14.1. The lowest BCUT2D eigenvalue weighted by Crippen LogP contribution is -2.48. The summed E-state index contributed by atoms with van der Waals surface area (Å²) < 4.78 is 36.6. The molecular weight excluding hydrogens is 602 g/mol. The van der Waals surface area contributed by atoms with E-state index in [1.54, 1.807) is 38.4 Å². The number of hydrogen-bond acceptors (Lipinski definition) is 7. The van der Waals surface area contributed by atoms with Crippen LogP contribution >= 0.6 is 15.9 Å². The van der Waals surface area contributed by atoms with Gasteiger partial charge in [0.05, 0.1) is 45.8 Å². The average molecular weight is 635 g/mol. The van der Waals surface area contributed by atoms with E-state index in [2.05, 4.69) is 15.9 Å². The third kappa shape index (κ3) is 6.48. The van der Waals surface area contributed by atoms with Crippen LogP contribution in [-0.2, 0) is 22.7 Å². The number of nitrogens with zero attached hydrogens (tertiary/aromatic N) is 1. The van der Waals surface area contributed by atoms with Crippen molar-refractivity contribution in [2.24, 2.45) is 0 Å². The Morgan fingerprint density at radius 1 is 0.810 bits per heavy atom. The van der Waals surface area contributed by atoms with Gasteiger partial charge in [0, 0.05) is 16.6 Å². The van der Waals surface area contributed by atoms with E-state index >= 15 is 0 Å². The second-order valence-electron chi connectivity index (χ2n) is 9.57. The first kappa shape index (κ1) is 29.3. The zero-order chi connectivity index (χ0) is 29.5. The minimum Gasteiger partial charge on any atom is -0.496 e. The van der Waals surface area contributed by atoms with E-state index in [-0.39, 0.29) is 13.2 Å². The topological polar surface area (TPSA) is 75.7 Å². The highest BCUT2D eigenvalue weighted by atomic mass is 79.9. The van der Waals surface area contributed by atoms with E-state index in [1.165, 1.54) is 0 Å². The van der Waals surface area contributed by atoms with Crippen molar-refractivity contribution in [3.05, 3.63) is 112 Å². The number of carbonyl (C=O) groups is 1. The van der Waals surface area contributed by atoms with E-state index in [0.29, 0.717) is 40.9 Å². The zero-order valence-electron chi connectivity index (χ0n) is 23.6. The summed E-state index contributed by atoms with van der Waals surface area (Å²) in [5.74, 6) is 1.99. The largest absolute Gasteiger partial charge is 0.496 e. The summed E-state index contributed by atoms with van der Waals surface area (Å²) in [5, 5.41) is 0. The fraction of sp³-hybridized carbons (Fsp3) is 0.242. The molecule has 0 radical (unpaired) electrons. The van der Waals surface area contributed by atoms with E-state index in [9.17, 15) is 4.79 Å². The maximum Gasteiger partial charge on any atom is 0.415 e. The first-order chi connectivity index (χ1) is 20.5. The van der Waals surface area contributed by atoms with Crippen molar-refractivity contribution in [3.8, 4) is 23.0 Å². The van der Waals surface area contributed by atoms with Crippen LogP contribution in [0.2, 0.25) is 0 Å². The molecule has 1 aliphatic rings. The number of ether oxygens (including phenoxy) is 6. The smallest absolute Gasteiger partial charge is 0.415 e. The molecule has 0 N–H and O–H groups in total. The lowest BCUT2D eigenvalue weighted by Gasteiger charge is -2.42. The molecule has 218 valence electrons. The molecule has 9 heteroatoms. The molecule has 0 bridgehead atoms. The molecule has 2 atom stereocenters. The first-order valence-electron chi connectivity index (χ1n) is 13.4. The van der Waals surface area contributed by atoms with Gasteiger partial charge in [-0.1, -0.05) is 76.6 Å². The van der Waals surface area contributed by atoms with Crippen LogP contribution in [0.15, 0.2) is 95.5 Å². The molecule has 1 amide bonds. The van der Waals surface area contributed by atoms with Crippen molar-refractivity contribution in [2.45, 2.75) is 25.4 Å². The molecule has 0 unspecified atom stereocenters. The molecular formula is C33H32BrNO7. The standard InChI is InChI=1S/C33H32BrNO7/c1-37-25-17-28(38-2)31(29(18-25)39-3)32-30(21-40-19-22-10-6-4-7-11-22)42-27-15-14-24(34)16-26(27)35(32)33(36)41-20-23-12-8-5-9-13-23/h4-18,30,32H,19-21H2,1-3H3/t30-,32+/m0/s1. The Bertz CT molecular complexity index is 1470. The van der Waals surface area contributed by atoms with Crippen molar-refractivity contribution >= 4 is 27.7 Å². The number of carbonyl (C=O) groups excluding carboxylic acids is 1. The molecule has 0 spiro atoms. The van der Waals surface area contributed by atoms with Crippen LogP contribution in [0, 0.1) is 0 Å². The minimum absolute atomic E-state index is 0.0964. The number of hydrogen-bond donors (Lipinski definition) is 0. The summed E-state index contributed by atoms with van der Waals surface area (Å²) in [6.45, 7) is 0.630. The maximum absolute atomic E-state index is 14.1. The van der Waals surface area contributed by atoms with E-state index in [1.807, 2.05) is 78.9 Å². The lowest BCUT2D eigenvalue weighted by molar-refractivity contribution is 0.0203. The van der Waals surface area contributed by atoms with Crippen LogP contribution in [0.4, 0.5) is 10.5 Å². The van der Waals surface area contributed by atoms with Gasteiger partial charge in [0.1, 0.15) is 41.8 Å². The zero-order valence-corrected chi connectivity index (χ0v) is 25.2. The van der Waals surface area contributed by atoms with E-state index < -0.39 is 18.2 Å². The van der Waals surface area contributed by atoms with Gasteiger partial charge in [-0.2, -0.15) is 0 Å². The Labute approximate surface area is 253 Å². The summed E-state index contributed by atoms with van der Waals surface area (Å²) in [5.41, 5.74) is 3.02. The van der Waals surface area contributed by atoms with Crippen molar-refractivity contribution in [1.82, 2.24) is 0 Å². The van der Waals surface area contributed by atoms with Gasteiger partial charge >= 0.3 is 6.09 Å². The number of amides is 1. The Hall–Kier alpha value is -4.21. The summed E-state index contributed by atoms with van der Waals surface area (Å²) >= 11 is 3.55. The van der Waals surface area contributed by atoms with E-state index in [4.69, 9.17) is 28.4 Å². The van der Waals surface area contributed by atoms with Crippen LogP contribution in [0.25, 0.3) is 0 Å². The quantitative estimate of drug-likeness (QED) is 0.181. The predicted molar refractivity (Wildman–Crippen MR) is 163 cm³/mol. The number of halogens is 1. The Morgan fingerprint density at radius 3 is 2.02 bits per heavy atom.